The molecule has 0 fully saturated rings. The summed E-state index contributed by atoms with van der Waals surface area (Å²) >= 11 is 0. The number of para-hydroxylation sites is 2. The van der Waals surface area contributed by atoms with Crippen molar-refractivity contribution in [3.05, 3.63) is 42.2 Å². The number of hydrogen-bond acceptors (Lipinski definition) is 4. The Kier molecular flexibility index (Phi) is 3.84. The first kappa shape index (κ1) is 12.4. The molecule has 0 bridgehead atoms. The second kappa shape index (κ2) is 5.55. The van der Waals surface area contributed by atoms with Crippen molar-refractivity contribution in [1.29, 1.82) is 0 Å². The first-order valence-corrected chi connectivity index (χ1v) is 5.73. The van der Waals surface area contributed by atoms with Gasteiger partial charge in [-0.2, -0.15) is 5.10 Å². The van der Waals surface area contributed by atoms with E-state index >= 15 is 0 Å². The fraction of sp³-hybridized carbons (Fsp3) is 0.308. The molecule has 2 aromatic rings. The lowest BCUT2D eigenvalue weighted by Crippen LogP contribution is -2.18. The first-order valence-electron chi connectivity index (χ1n) is 5.73. The van der Waals surface area contributed by atoms with Gasteiger partial charge in [-0.25, -0.2) is 0 Å². The van der Waals surface area contributed by atoms with Crippen molar-refractivity contribution in [2.24, 2.45) is 12.8 Å². The molecule has 0 aliphatic rings. The van der Waals surface area contributed by atoms with Gasteiger partial charge < -0.3 is 15.2 Å². The van der Waals surface area contributed by atoms with Gasteiger partial charge in [0.2, 0.25) is 0 Å². The summed E-state index contributed by atoms with van der Waals surface area (Å²) in [5, 5.41) is 4.12. The number of methoxy groups -OCH3 is 1. The standard InChI is InChI=1S/C13H17N3O2/c1-16-9-10(8-15-16)13(7-14)18-12-6-4-3-5-11(12)17-2/h3-6,8-9,13H,7,14H2,1-2H3. The smallest absolute Gasteiger partial charge is 0.162 e. The number of ether oxygens (including phenoxy) is 2. The first-order chi connectivity index (χ1) is 8.74. The summed E-state index contributed by atoms with van der Waals surface area (Å²) in [6.07, 6.45) is 3.43. The molecule has 0 aliphatic carbocycles. The van der Waals surface area contributed by atoms with Gasteiger partial charge in [0.15, 0.2) is 11.5 Å². The molecule has 0 saturated heterocycles. The summed E-state index contributed by atoms with van der Waals surface area (Å²) in [5.74, 6) is 1.37. The van der Waals surface area contributed by atoms with Crippen molar-refractivity contribution < 1.29 is 9.47 Å². The molecule has 0 saturated carbocycles. The molecule has 2 rings (SSSR count). The minimum absolute atomic E-state index is 0.227. The number of nitrogens with two attached hydrogens (primary N) is 1. The van der Waals surface area contributed by atoms with Crippen LogP contribution in [0, 0.1) is 0 Å². The number of hydrogen-bond donors (Lipinski definition) is 1. The van der Waals surface area contributed by atoms with Crippen LogP contribution in [-0.4, -0.2) is 23.4 Å². The Hall–Kier alpha value is -2.01. The lowest BCUT2D eigenvalue weighted by atomic mass is 10.2. The number of aryl methyl sites for hydroxylation is 1. The summed E-state index contributed by atoms with van der Waals surface area (Å²) in [6.45, 7) is 0.379. The third-order valence-electron chi connectivity index (χ3n) is 2.65. The maximum atomic E-state index is 5.88. The predicted octanol–water partition coefficient (Wildman–Crippen LogP) is 1.51. The molecule has 96 valence electrons. The minimum atomic E-state index is -0.227. The van der Waals surface area contributed by atoms with Gasteiger partial charge in [-0.15, -0.1) is 0 Å². The van der Waals surface area contributed by atoms with Crippen molar-refractivity contribution in [2.45, 2.75) is 6.10 Å². The van der Waals surface area contributed by atoms with Crippen LogP contribution in [0.4, 0.5) is 0 Å². The molecule has 5 heteroatoms. The van der Waals surface area contributed by atoms with E-state index in [0.717, 1.165) is 5.56 Å². The zero-order valence-corrected chi connectivity index (χ0v) is 10.5. The molecule has 0 aliphatic heterocycles. The van der Waals surface area contributed by atoms with E-state index in [4.69, 9.17) is 15.2 Å². The highest BCUT2D eigenvalue weighted by Gasteiger charge is 2.15. The summed E-state index contributed by atoms with van der Waals surface area (Å²) in [7, 11) is 3.48. The highest BCUT2D eigenvalue weighted by atomic mass is 16.5. The molecule has 1 aromatic heterocycles. The Morgan fingerprint density at radius 2 is 2.06 bits per heavy atom. The third-order valence-corrected chi connectivity index (χ3v) is 2.65. The lowest BCUT2D eigenvalue weighted by molar-refractivity contribution is 0.204. The van der Waals surface area contributed by atoms with Crippen LogP contribution < -0.4 is 15.2 Å². The Morgan fingerprint density at radius 3 is 2.61 bits per heavy atom. The number of benzene rings is 1. The van der Waals surface area contributed by atoms with E-state index in [-0.39, 0.29) is 6.10 Å². The fourth-order valence-electron chi connectivity index (χ4n) is 1.73. The summed E-state index contributed by atoms with van der Waals surface area (Å²) < 4.78 is 12.9. The van der Waals surface area contributed by atoms with E-state index in [1.807, 2.05) is 37.5 Å². The molecule has 1 unspecified atom stereocenters. The average molecular weight is 247 g/mol. The van der Waals surface area contributed by atoms with Gasteiger partial charge in [0.1, 0.15) is 6.10 Å². The Bertz CT molecular complexity index is 510. The highest BCUT2D eigenvalue weighted by Crippen LogP contribution is 2.30. The highest BCUT2D eigenvalue weighted by molar-refractivity contribution is 5.39. The molecule has 1 atom stereocenters. The van der Waals surface area contributed by atoms with Crippen LogP contribution in [0.3, 0.4) is 0 Å². The van der Waals surface area contributed by atoms with Crippen LogP contribution in [0.15, 0.2) is 36.7 Å². The SMILES string of the molecule is COc1ccccc1OC(CN)c1cnn(C)c1. The van der Waals surface area contributed by atoms with Crippen molar-refractivity contribution in [2.75, 3.05) is 13.7 Å². The lowest BCUT2D eigenvalue weighted by Gasteiger charge is -2.17. The largest absolute Gasteiger partial charge is 0.493 e. The molecule has 0 spiro atoms. The van der Waals surface area contributed by atoms with Crippen molar-refractivity contribution in [3.8, 4) is 11.5 Å². The molecule has 1 heterocycles. The van der Waals surface area contributed by atoms with Crippen LogP contribution in [0.2, 0.25) is 0 Å². The molecular formula is C13H17N3O2. The molecular weight excluding hydrogens is 230 g/mol. The average Bonchev–Trinajstić information content (AvgIpc) is 2.83. The minimum Gasteiger partial charge on any atom is -0.493 e. The third kappa shape index (κ3) is 2.62. The zero-order valence-electron chi connectivity index (χ0n) is 10.5. The van der Waals surface area contributed by atoms with Gasteiger partial charge in [0.25, 0.3) is 0 Å². The second-order valence-corrected chi connectivity index (χ2v) is 3.94. The normalized spacial score (nSPS) is 12.2. The Balaban J connectivity index is 2.20. The van der Waals surface area contributed by atoms with E-state index in [9.17, 15) is 0 Å². The molecule has 0 amide bonds. The van der Waals surface area contributed by atoms with Gasteiger partial charge in [-0.3, -0.25) is 4.68 Å². The van der Waals surface area contributed by atoms with E-state index in [0.29, 0.717) is 18.0 Å². The van der Waals surface area contributed by atoms with Crippen LogP contribution in [0.1, 0.15) is 11.7 Å². The Morgan fingerprint density at radius 1 is 1.33 bits per heavy atom. The van der Waals surface area contributed by atoms with E-state index in [2.05, 4.69) is 5.10 Å². The van der Waals surface area contributed by atoms with Gasteiger partial charge >= 0.3 is 0 Å². The van der Waals surface area contributed by atoms with Crippen LogP contribution in [0.25, 0.3) is 0 Å². The van der Waals surface area contributed by atoms with Gasteiger partial charge in [0, 0.05) is 25.4 Å². The van der Waals surface area contributed by atoms with Crippen LogP contribution >= 0.6 is 0 Å². The maximum absolute atomic E-state index is 5.88. The summed E-state index contributed by atoms with van der Waals surface area (Å²) in [6, 6.07) is 7.51. The second-order valence-electron chi connectivity index (χ2n) is 3.94. The van der Waals surface area contributed by atoms with Gasteiger partial charge in [0.05, 0.1) is 13.3 Å². The zero-order chi connectivity index (χ0) is 13.0. The molecule has 1 aromatic carbocycles. The van der Waals surface area contributed by atoms with Crippen LogP contribution in [-0.2, 0) is 7.05 Å². The van der Waals surface area contributed by atoms with Crippen molar-refractivity contribution in [3.63, 3.8) is 0 Å². The summed E-state index contributed by atoms with van der Waals surface area (Å²) in [4.78, 5) is 0. The fourth-order valence-corrected chi connectivity index (χ4v) is 1.73. The number of aromatic nitrogens is 2. The topological polar surface area (TPSA) is 62.3 Å². The van der Waals surface area contributed by atoms with E-state index in [1.54, 1.807) is 18.0 Å². The van der Waals surface area contributed by atoms with Gasteiger partial charge in [-0.05, 0) is 12.1 Å². The van der Waals surface area contributed by atoms with Crippen molar-refractivity contribution >= 4 is 0 Å². The summed E-state index contributed by atoms with van der Waals surface area (Å²) in [5.41, 5.74) is 6.70. The van der Waals surface area contributed by atoms with Crippen LogP contribution in [0.5, 0.6) is 11.5 Å². The quantitative estimate of drug-likeness (QED) is 0.870. The van der Waals surface area contributed by atoms with Crippen molar-refractivity contribution in [1.82, 2.24) is 9.78 Å². The molecule has 2 N–H and O–H groups in total. The number of nitrogens with zero attached hydrogens (tertiary/aromatic N) is 2. The number of rotatable bonds is 5. The monoisotopic (exact) mass is 247 g/mol. The molecule has 5 nitrogen and oxygen atoms in total. The maximum Gasteiger partial charge on any atom is 0.162 e. The van der Waals surface area contributed by atoms with E-state index in [1.165, 1.54) is 0 Å². The van der Waals surface area contributed by atoms with E-state index < -0.39 is 0 Å². The van der Waals surface area contributed by atoms with Gasteiger partial charge in [-0.1, -0.05) is 12.1 Å². The Labute approximate surface area is 106 Å². The molecule has 18 heavy (non-hydrogen) atoms. The molecule has 0 radical (unpaired) electrons. The predicted molar refractivity (Wildman–Crippen MR) is 68.6 cm³/mol.